The zero-order chi connectivity index (χ0) is 18.5. The number of rotatable bonds is 3. The van der Waals surface area contributed by atoms with Crippen LogP contribution in [0.2, 0.25) is 0 Å². The SMILES string of the molecule is C=C1CCC[C@@]2(C)C=C3C(=C(C)C(=O)N3CCc3ccc(O)cc3)C[C@H]12. The highest BCUT2D eigenvalue weighted by Gasteiger charge is 2.45. The largest absolute Gasteiger partial charge is 0.508 e. The number of carbonyl (C=O) groups is 1. The third-order valence-corrected chi connectivity index (χ3v) is 6.56. The fraction of sp³-hybridized carbons (Fsp3) is 0.435. The summed E-state index contributed by atoms with van der Waals surface area (Å²) < 4.78 is 0. The fourth-order valence-electron chi connectivity index (χ4n) is 4.92. The van der Waals surface area contributed by atoms with Crippen LogP contribution in [0.5, 0.6) is 5.75 Å². The lowest BCUT2D eigenvalue weighted by Gasteiger charge is -2.45. The summed E-state index contributed by atoms with van der Waals surface area (Å²) in [5.74, 6) is 0.893. The van der Waals surface area contributed by atoms with Gasteiger partial charge in [0.2, 0.25) is 0 Å². The van der Waals surface area contributed by atoms with Crippen LogP contribution in [0.15, 0.2) is 59.3 Å². The van der Waals surface area contributed by atoms with Gasteiger partial charge in [0.1, 0.15) is 5.75 Å². The minimum atomic E-state index is 0.121. The lowest BCUT2D eigenvalue weighted by atomic mass is 9.60. The minimum Gasteiger partial charge on any atom is -0.508 e. The maximum atomic E-state index is 12.9. The van der Waals surface area contributed by atoms with Gasteiger partial charge in [-0.2, -0.15) is 0 Å². The number of allylic oxidation sites excluding steroid dienone is 3. The highest BCUT2D eigenvalue weighted by molar-refractivity contribution is 6.00. The molecule has 3 nitrogen and oxygen atoms in total. The van der Waals surface area contributed by atoms with Crippen molar-refractivity contribution in [1.29, 1.82) is 0 Å². The monoisotopic (exact) mass is 349 g/mol. The number of hydrogen-bond donors (Lipinski definition) is 1. The smallest absolute Gasteiger partial charge is 0.254 e. The molecule has 4 rings (SSSR count). The number of fused-ring (bicyclic) bond motifs is 2. The van der Waals surface area contributed by atoms with Gasteiger partial charge in [0.05, 0.1) is 0 Å². The maximum absolute atomic E-state index is 12.9. The molecule has 1 aromatic carbocycles. The highest BCUT2D eigenvalue weighted by atomic mass is 16.3. The number of phenols is 1. The molecule has 26 heavy (non-hydrogen) atoms. The van der Waals surface area contributed by atoms with E-state index in [4.69, 9.17) is 0 Å². The molecule has 3 aliphatic rings. The Morgan fingerprint density at radius 3 is 2.77 bits per heavy atom. The molecule has 2 atom stereocenters. The van der Waals surface area contributed by atoms with Crippen molar-refractivity contribution in [1.82, 2.24) is 4.90 Å². The molecular formula is C23H27NO2. The molecule has 136 valence electrons. The molecule has 1 saturated carbocycles. The van der Waals surface area contributed by atoms with Crippen LogP contribution in [0.1, 0.15) is 45.1 Å². The number of hydrogen-bond acceptors (Lipinski definition) is 2. The maximum Gasteiger partial charge on any atom is 0.254 e. The Labute approximate surface area is 155 Å². The Balaban J connectivity index is 1.61. The predicted octanol–water partition coefficient (Wildman–Crippen LogP) is 4.74. The van der Waals surface area contributed by atoms with Gasteiger partial charge in [-0.05, 0) is 73.6 Å². The number of phenolic OH excluding ortho intramolecular Hbond substituents is 1. The van der Waals surface area contributed by atoms with Gasteiger partial charge in [-0.3, -0.25) is 4.79 Å². The van der Waals surface area contributed by atoms with E-state index in [9.17, 15) is 9.90 Å². The first-order valence-electron chi connectivity index (χ1n) is 9.59. The van der Waals surface area contributed by atoms with E-state index in [0.717, 1.165) is 36.1 Å². The molecule has 3 heteroatoms. The molecule has 0 aromatic heterocycles. The van der Waals surface area contributed by atoms with Crippen LogP contribution >= 0.6 is 0 Å². The van der Waals surface area contributed by atoms with Crippen molar-refractivity contribution in [2.75, 3.05) is 6.54 Å². The first-order valence-corrected chi connectivity index (χ1v) is 9.59. The molecule has 0 bridgehead atoms. The van der Waals surface area contributed by atoms with E-state index >= 15 is 0 Å². The number of benzene rings is 1. The van der Waals surface area contributed by atoms with Crippen LogP contribution in [0.4, 0.5) is 0 Å². The molecule has 1 heterocycles. The molecule has 2 aliphatic carbocycles. The highest BCUT2D eigenvalue weighted by Crippen LogP contribution is 2.54. The Morgan fingerprint density at radius 1 is 1.31 bits per heavy atom. The second-order valence-electron chi connectivity index (χ2n) is 8.28. The van der Waals surface area contributed by atoms with Crippen LogP contribution in [0, 0.1) is 11.3 Å². The van der Waals surface area contributed by atoms with Gasteiger partial charge in [-0.25, -0.2) is 0 Å². The number of carbonyl (C=O) groups excluding carboxylic acids is 1. The summed E-state index contributed by atoms with van der Waals surface area (Å²) in [4.78, 5) is 14.9. The Kier molecular flexibility index (Phi) is 4.06. The molecule has 1 aliphatic heterocycles. The number of amides is 1. The van der Waals surface area contributed by atoms with Crippen molar-refractivity contribution >= 4 is 5.91 Å². The van der Waals surface area contributed by atoms with Crippen molar-refractivity contribution in [2.24, 2.45) is 11.3 Å². The summed E-state index contributed by atoms with van der Waals surface area (Å²) in [6.07, 6.45) is 7.59. The molecule has 0 spiro atoms. The Hall–Kier alpha value is -2.29. The summed E-state index contributed by atoms with van der Waals surface area (Å²) in [6, 6.07) is 7.26. The van der Waals surface area contributed by atoms with E-state index in [2.05, 4.69) is 19.6 Å². The van der Waals surface area contributed by atoms with Gasteiger partial charge in [-0.1, -0.05) is 37.3 Å². The second kappa shape index (κ2) is 6.15. The van der Waals surface area contributed by atoms with Crippen molar-refractivity contribution in [3.05, 3.63) is 64.9 Å². The van der Waals surface area contributed by atoms with E-state index in [1.54, 1.807) is 12.1 Å². The van der Waals surface area contributed by atoms with Crippen molar-refractivity contribution in [3.63, 3.8) is 0 Å². The van der Waals surface area contributed by atoms with Crippen molar-refractivity contribution in [3.8, 4) is 5.75 Å². The summed E-state index contributed by atoms with van der Waals surface area (Å²) in [5, 5.41) is 9.44. The third kappa shape index (κ3) is 2.70. The first kappa shape index (κ1) is 17.1. The van der Waals surface area contributed by atoms with Crippen molar-refractivity contribution in [2.45, 2.75) is 46.0 Å². The molecule has 0 unspecified atom stereocenters. The average molecular weight is 349 g/mol. The molecule has 1 N–H and O–H groups in total. The Morgan fingerprint density at radius 2 is 2.04 bits per heavy atom. The lowest BCUT2D eigenvalue weighted by molar-refractivity contribution is -0.124. The quantitative estimate of drug-likeness (QED) is 0.801. The fourth-order valence-corrected chi connectivity index (χ4v) is 4.92. The number of aromatic hydroxyl groups is 1. The van der Waals surface area contributed by atoms with Crippen LogP contribution < -0.4 is 0 Å². The predicted molar refractivity (Wildman–Crippen MR) is 104 cm³/mol. The summed E-state index contributed by atoms with van der Waals surface area (Å²) in [7, 11) is 0. The first-order chi connectivity index (χ1) is 12.4. The van der Waals surface area contributed by atoms with Crippen LogP contribution in [-0.4, -0.2) is 22.5 Å². The van der Waals surface area contributed by atoms with E-state index < -0.39 is 0 Å². The van der Waals surface area contributed by atoms with Crippen molar-refractivity contribution < 1.29 is 9.90 Å². The minimum absolute atomic E-state index is 0.121. The standard InChI is InChI=1S/C23H27NO2/c1-15-5-4-11-23(3)14-21-19(13-20(15)23)16(2)22(26)24(21)12-10-17-6-8-18(25)9-7-17/h6-9,14,20,25H,1,4-5,10-13H2,2-3H3/t20-,23+/m1/s1. The molecule has 0 saturated heterocycles. The average Bonchev–Trinajstić information content (AvgIpc) is 2.83. The van der Waals surface area contributed by atoms with Gasteiger partial charge in [-0.15, -0.1) is 0 Å². The number of nitrogens with zero attached hydrogens (tertiary/aromatic N) is 1. The molecule has 1 amide bonds. The Bertz CT molecular complexity index is 830. The van der Waals surface area contributed by atoms with Crippen LogP contribution in [0.25, 0.3) is 0 Å². The summed E-state index contributed by atoms with van der Waals surface area (Å²) in [5.41, 5.74) is 5.88. The topological polar surface area (TPSA) is 40.5 Å². The van der Waals surface area contributed by atoms with Crippen LogP contribution in [-0.2, 0) is 11.2 Å². The molecule has 0 radical (unpaired) electrons. The van der Waals surface area contributed by atoms with Crippen LogP contribution in [0.3, 0.4) is 0 Å². The zero-order valence-electron chi connectivity index (χ0n) is 15.7. The summed E-state index contributed by atoms with van der Waals surface area (Å²) in [6.45, 7) is 9.32. The second-order valence-corrected chi connectivity index (χ2v) is 8.28. The van der Waals surface area contributed by atoms with E-state index in [1.807, 2.05) is 24.0 Å². The van der Waals surface area contributed by atoms with Gasteiger partial charge in [0, 0.05) is 17.8 Å². The molecule has 1 fully saturated rings. The van der Waals surface area contributed by atoms with E-state index in [0.29, 0.717) is 12.5 Å². The normalized spacial score (nSPS) is 28.2. The van der Waals surface area contributed by atoms with Gasteiger partial charge >= 0.3 is 0 Å². The molecular weight excluding hydrogens is 322 g/mol. The van der Waals surface area contributed by atoms with Gasteiger partial charge in [0.25, 0.3) is 5.91 Å². The molecule has 1 aromatic rings. The third-order valence-electron chi connectivity index (χ3n) is 6.56. The van der Waals surface area contributed by atoms with Gasteiger partial charge < -0.3 is 10.0 Å². The lowest BCUT2D eigenvalue weighted by Crippen LogP contribution is -2.37. The van der Waals surface area contributed by atoms with E-state index in [1.165, 1.54) is 24.0 Å². The summed E-state index contributed by atoms with van der Waals surface area (Å²) >= 11 is 0. The van der Waals surface area contributed by atoms with Gasteiger partial charge in [0.15, 0.2) is 0 Å². The zero-order valence-corrected chi connectivity index (χ0v) is 15.7. The van der Waals surface area contributed by atoms with E-state index in [-0.39, 0.29) is 17.1 Å².